The highest BCUT2D eigenvalue weighted by Crippen LogP contribution is 2.27. The Hall–Kier alpha value is -1.11. The quantitative estimate of drug-likeness (QED) is 0.810. The van der Waals surface area contributed by atoms with E-state index in [1.165, 1.54) is 4.21 Å². The lowest BCUT2D eigenvalue weighted by atomic mass is 10.3. The average molecular weight is 293 g/mol. The molecule has 0 bridgehead atoms. The van der Waals surface area contributed by atoms with Gasteiger partial charge in [0.25, 0.3) is 0 Å². The molecule has 1 fully saturated rings. The summed E-state index contributed by atoms with van der Waals surface area (Å²) in [5.41, 5.74) is 1.08. The fraction of sp³-hybridized carbons (Fsp3) is 0.385. The normalized spacial score (nSPS) is 15.7. The summed E-state index contributed by atoms with van der Waals surface area (Å²) >= 11 is 3.59. The number of aromatic nitrogens is 2. The van der Waals surface area contributed by atoms with Gasteiger partial charge in [-0.3, -0.25) is 0 Å². The van der Waals surface area contributed by atoms with Gasteiger partial charge in [0.15, 0.2) is 0 Å². The molecule has 0 radical (unpaired) electrons. The van der Waals surface area contributed by atoms with Crippen LogP contribution in [-0.4, -0.2) is 36.3 Å². The standard InChI is InChI=1S/C13H15N3OS2/c1-2-13(18-7-1)19-9-11-8-12(15-10-14-11)16-3-5-17-6-4-16/h1-2,7-8,10H,3-6,9H2. The molecule has 0 saturated carbocycles. The average Bonchev–Trinajstić information content (AvgIpc) is 3.00. The molecule has 0 atom stereocenters. The lowest BCUT2D eigenvalue weighted by Crippen LogP contribution is -2.36. The van der Waals surface area contributed by atoms with Gasteiger partial charge in [0.1, 0.15) is 12.1 Å². The van der Waals surface area contributed by atoms with Crippen LogP contribution in [0.1, 0.15) is 5.69 Å². The predicted octanol–water partition coefficient (Wildman–Crippen LogP) is 2.67. The second kappa shape index (κ2) is 6.36. The van der Waals surface area contributed by atoms with E-state index in [0.717, 1.165) is 43.6 Å². The second-order valence-electron chi connectivity index (χ2n) is 4.19. The topological polar surface area (TPSA) is 38.2 Å². The highest BCUT2D eigenvalue weighted by molar-refractivity contribution is 8.00. The largest absolute Gasteiger partial charge is 0.378 e. The molecule has 0 aromatic carbocycles. The number of ether oxygens (including phenoxy) is 1. The maximum absolute atomic E-state index is 5.36. The Balaban J connectivity index is 1.65. The molecule has 1 saturated heterocycles. The maximum Gasteiger partial charge on any atom is 0.132 e. The number of hydrogen-bond donors (Lipinski definition) is 0. The van der Waals surface area contributed by atoms with Crippen molar-refractivity contribution in [2.75, 3.05) is 31.2 Å². The first-order chi connectivity index (χ1) is 9.42. The molecule has 2 aromatic heterocycles. The van der Waals surface area contributed by atoms with E-state index in [1.54, 1.807) is 17.7 Å². The Morgan fingerprint density at radius 2 is 2.21 bits per heavy atom. The van der Waals surface area contributed by atoms with E-state index >= 15 is 0 Å². The molecule has 4 nitrogen and oxygen atoms in total. The van der Waals surface area contributed by atoms with Crippen LogP contribution in [0.3, 0.4) is 0 Å². The zero-order valence-corrected chi connectivity index (χ0v) is 12.1. The van der Waals surface area contributed by atoms with E-state index in [2.05, 4.69) is 38.4 Å². The summed E-state index contributed by atoms with van der Waals surface area (Å²) in [5.74, 6) is 1.90. The van der Waals surface area contributed by atoms with Gasteiger partial charge >= 0.3 is 0 Å². The molecule has 0 amide bonds. The number of morpholine rings is 1. The molecule has 6 heteroatoms. The van der Waals surface area contributed by atoms with Gasteiger partial charge in [0.2, 0.25) is 0 Å². The minimum Gasteiger partial charge on any atom is -0.378 e. The van der Waals surface area contributed by atoms with E-state index < -0.39 is 0 Å². The van der Waals surface area contributed by atoms with Crippen molar-refractivity contribution in [3.05, 3.63) is 35.6 Å². The van der Waals surface area contributed by atoms with Gasteiger partial charge in [-0.2, -0.15) is 0 Å². The zero-order valence-electron chi connectivity index (χ0n) is 10.5. The number of thioether (sulfide) groups is 1. The van der Waals surface area contributed by atoms with Crippen molar-refractivity contribution in [1.82, 2.24) is 9.97 Å². The van der Waals surface area contributed by atoms with Gasteiger partial charge in [-0.15, -0.1) is 23.1 Å². The molecule has 0 unspecified atom stereocenters. The zero-order chi connectivity index (χ0) is 12.9. The van der Waals surface area contributed by atoms with Gasteiger partial charge in [0.05, 0.1) is 23.1 Å². The van der Waals surface area contributed by atoms with Gasteiger partial charge in [-0.1, -0.05) is 6.07 Å². The Morgan fingerprint density at radius 3 is 3.00 bits per heavy atom. The molecule has 0 spiro atoms. The smallest absolute Gasteiger partial charge is 0.132 e. The Kier molecular flexibility index (Phi) is 4.32. The van der Waals surface area contributed by atoms with Crippen molar-refractivity contribution in [3.8, 4) is 0 Å². The lowest BCUT2D eigenvalue weighted by Gasteiger charge is -2.27. The summed E-state index contributed by atoms with van der Waals surface area (Å²) in [4.78, 5) is 11.0. The first kappa shape index (κ1) is 12.9. The van der Waals surface area contributed by atoms with Gasteiger partial charge in [0, 0.05) is 24.9 Å². The summed E-state index contributed by atoms with van der Waals surface area (Å²) in [5, 5.41) is 2.10. The third kappa shape index (κ3) is 3.46. The first-order valence-electron chi connectivity index (χ1n) is 6.22. The predicted molar refractivity (Wildman–Crippen MR) is 78.9 cm³/mol. The summed E-state index contributed by atoms with van der Waals surface area (Å²) < 4.78 is 6.69. The van der Waals surface area contributed by atoms with E-state index in [0.29, 0.717) is 0 Å². The Labute approximate surface area is 120 Å². The molecular formula is C13H15N3OS2. The molecule has 0 N–H and O–H groups in total. The summed E-state index contributed by atoms with van der Waals surface area (Å²) in [6, 6.07) is 6.30. The Morgan fingerprint density at radius 1 is 1.32 bits per heavy atom. The first-order valence-corrected chi connectivity index (χ1v) is 8.08. The molecule has 100 valence electrons. The van der Waals surface area contributed by atoms with Crippen LogP contribution in [0.5, 0.6) is 0 Å². The fourth-order valence-electron chi connectivity index (χ4n) is 1.92. The van der Waals surface area contributed by atoms with Gasteiger partial charge in [-0.25, -0.2) is 9.97 Å². The number of hydrogen-bond acceptors (Lipinski definition) is 6. The van der Waals surface area contributed by atoms with Crippen molar-refractivity contribution in [3.63, 3.8) is 0 Å². The number of nitrogens with zero attached hydrogens (tertiary/aromatic N) is 3. The van der Waals surface area contributed by atoms with Gasteiger partial charge < -0.3 is 9.64 Å². The van der Waals surface area contributed by atoms with E-state index in [-0.39, 0.29) is 0 Å². The molecule has 19 heavy (non-hydrogen) atoms. The number of rotatable bonds is 4. The lowest BCUT2D eigenvalue weighted by molar-refractivity contribution is 0.122. The van der Waals surface area contributed by atoms with Crippen LogP contribution in [0.15, 0.2) is 34.1 Å². The monoisotopic (exact) mass is 293 g/mol. The molecule has 3 rings (SSSR count). The molecule has 1 aliphatic rings. The third-order valence-corrected chi connectivity index (χ3v) is 5.07. The minimum atomic E-state index is 0.781. The van der Waals surface area contributed by atoms with Crippen molar-refractivity contribution >= 4 is 28.9 Å². The summed E-state index contributed by atoms with van der Waals surface area (Å²) in [7, 11) is 0. The molecule has 2 aromatic rings. The summed E-state index contributed by atoms with van der Waals surface area (Å²) in [6.07, 6.45) is 1.66. The molecule has 1 aliphatic heterocycles. The van der Waals surface area contributed by atoms with Crippen LogP contribution in [0.4, 0.5) is 5.82 Å². The molecular weight excluding hydrogens is 278 g/mol. The Bertz CT molecular complexity index is 512. The second-order valence-corrected chi connectivity index (χ2v) is 6.41. The van der Waals surface area contributed by atoms with Crippen molar-refractivity contribution in [2.45, 2.75) is 9.96 Å². The van der Waals surface area contributed by atoms with Crippen LogP contribution in [-0.2, 0) is 10.5 Å². The van der Waals surface area contributed by atoms with Crippen LogP contribution < -0.4 is 4.90 Å². The number of anilines is 1. The number of thiophene rings is 1. The molecule has 3 heterocycles. The van der Waals surface area contributed by atoms with Crippen molar-refractivity contribution in [1.29, 1.82) is 0 Å². The minimum absolute atomic E-state index is 0.781. The maximum atomic E-state index is 5.36. The van der Waals surface area contributed by atoms with E-state index in [4.69, 9.17) is 4.74 Å². The van der Waals surface area contributed by atoms with Crippen molar-refractivity contribution in [2.24, 2.45) is 0 Å². The third-order valence-electron chi connectivity index (χ3n) is 2.90. The van der Waals surface area contributed by atoms with Crippen LogP contribution >= 0.6 is 23.1 Å². The highest BCUT2D eigenvalue weighted by atomic mass is 32.2. The molecule has 0 aliphatic carbocycles. The van der Waals surface area contributed by atoms with E-state index in [1.807, 2.05) is 11.8 Å². The van der Waals surface area contributed by atoms with Crippen molar-refractivity contribution < 1.29 is 4.74 Å². The van der Waals surface area contributed by atoms with Crippen LogP contribution in [0.2, 0.25) is 0 Å². The van der Waals surface area contributed by atoms with E-state index in [9.17, 15) is 0 Å². The van der Waals surface area contributed by atoms with Gasteiger partial charge in [-0.05, 0) is 11.4 Å². The highest BCUT2D eigenvalue weighted by Gasteiger charge is 2.13. The summed E-state index contributed by atoms with van der Waals surface area (Å²) in [6.45, 7) is 3.38. The van der Waals surface area contributed by atoms with Crippen LogP contribution in [0.25, 0.3) is 0 Å². The van der Waals surface area contributed by atoms with Crippen LogP contribution in [0, 0.1) is 0 Å². The fourth-order valence-corrected chi connectivity index (χ4v) is 3.61. The SMILES string of the molecule is c1csc(SCc2cc(N3CCOCC3)ncn2)c1.